The van der Waals surface area contributed by atoms with E-state index in [1.165, 1.54) is 0 Å². The normalized spacial score (nSPS) is 10.5. The zero-order valence-corrected chi connectivity index (χ0v) is 10.2. The highest BCUT2D eigenvalue weighted by molar-refractivity contribution is 5.87. The molecule has 0 aliphatic carbocycles. The van der Waals surface area contributed by atoms with Gasteiger partial charge in [0.1, 0.15) is 12.2 Å². The third-order valence-electron chi connectivity index (χ3n) is 2.72. The van der Waals surface area contributed by atoms with Crippen molar-refractivity contribution in [1.82, 2.24) is 14.8 Å². The molecule has 2 rings (SSSR count). The average molecular weight is 245 g/mol. The molecule has 0 saturated carbocycles. The van der Waals surface area contributed by atoms with E-state index >= 15 is 0 Å². The van der Waals surface area contributed by atoms with E-state index in [0.717, 1.165) is 24.2 Å². The number of hydrogen-bond donors (Lipinski definition) is 1. The van der Waals surface area contributed by atoms with Gasteiger partial charge in [0, 0.05) is 6.42 Å². The van der Waals surface area contributed by atoms with Crippen LogP contribution in [-0.2, 0) is 13.0 Å². The first-order chi connectivity index (χ1) is 8.70. The predicted octanol–water partition coefficient (Wildman–Crippen LogP) is 1.98. The largest absolute Gasteiger partial charge is 0.478 e. The minimum absolute atomic E-state index is 0.302. The molecule has 1 aromatic heterocycles. The van der Waals surface area contributed by atoms with E-state index < -0.39 is 5.97 Å². The van der Waals surface area contributed by atoms with E-state index in [-0.39, 0.29) is 0 Å². The highest BCUT2D eigenvalue weighted by Crippen LogP contribution is 2.08. The summed E-state index contributed by atoms with van der Waals surface area (Å²) < 4.78 is 1.99. The Morgan fingerprint density at radius 1 is 1.33 bits per heavy atom. The van der Waals surface area contributed by atoms with Crippen LogP contribution in [0, 0.1) is 0 Å². The number of carboxylic acid groups (broad SMARTS) is 1. The summed E-state index contributed by atoms with van der Waals surface area (Å²) in [5.74, 6) is 0.0531. The molecule has 94 valence electrons. The molecule has 1 N–H and O–H groups in total. The second kappa shape index (κ2) is 5.44. The van der Waals surface area contributed by atoms with Gasteiger partial charge in [-0.25, -0.2) is 4.79 Å². The van der Waals surface area contributed by atoms with Crippen LogP contribution in [0.3, 0.4) is 0 Å². The Hall–Kier alpha value is -2.17. The number of carbonyl (C=O) groups is 1. The molecule has 2 aromatic rings. The smallest absolute Gasteiger partial charge is 0.335 e. The van der Waals surface area contributed by atoms with Gasteiger partial charge in [-0.05, 0) is 24.1 Å². The molecule has 0 spiro atoms. The molecule has 18 heavy (non-hydrogen) atoms. The summed E-state index contributed by atoms with van der Waals surface area (Å²) in [5.41, 5.74) is 1.34. The molecule has 0 radical (unpaired) electrons. The number of aryl methyl sites for hydroxylation is 1. The highest BCUT2D eigenvalue weighted by Gasteiger charge is 2.05. The van der Waals surface area contributed by atoms with Gasteiger partial charge in [0.25, 0.3) is 0 Å². The summed E-state index contributed by atoms with van der Waals surface area (Å²) in [5, 5.41) is 16.8. The number of rotatable bonds is 5. The van der Waals surface area contributed by atoms with Crippen molar-refractivity contribution >= 4 is 5.97 Å². The Bertz CT molecular complexity index is 531. The summed E-state index contributed by atoms with van der Waals surface area (Å²) in [4.78, 5) is 10.7. The number of nitrogens with zero attached hydrogens (tertiary/aromatic N) is 3. The first-order valence-corrected chi connectivity index (χ1v) is 5.89. The average Bonchev–Trinajstić information content (AvgIpc) is 2.78. The Morgan fingerprint density at radius 2 is 2.06 bits per heavy atom. The molecule has 5 nitrogen and oxygen atoms in total. The van der Waals surface area contributed by atoms with Crippen LogP contribution in [0.2, 0.25) is 0 Å². The number of hydrogen-bond acceptors (Lipinski definition) is 3. The summed E-state index contributed by atoms with van der Waals surface area (Å²) in [6, 6.07) is 6.86. The molecular weight excluding hydrogens is 230 g/mol. The predicted molar refractivity (Wildman–Crippen MR) is 66.5 cm³/mol. The minimum Gasteiger partial charge on any atom is -0.478 e. The molecule has 0 unspecified atom stereocenters. The molecule has 0 amide bonds. The summed E-state index contributed by atoms with van der Waals surface area (Å²) in [6.07, 6.45) is 3.62. The second-order valence-electron chi connectivity index (χ2n) is 4.13. The van der Waals surface area contributed by atoms with Crippen molar-refractivity contribution in [2.45, 2.75) is 26.3 Å². The topological polar surface area (TPSA) is 68.0 Å². The van der Waals surface area contributed by atoms with Gasteiger partial charge >= 0.3 is 5.97 Å². The molecule has 0 aliphatic heterocycles. The van der Waals surface area contributed by atoms with E-state index in [2.05, 4.69) is 17.1 Å². The Morgan fingerprint density at radius 3 is 2.67 bits per heavy atom. The maximum atomic E-state index is 10.7. The van der Waals surface area contributed by atoms with Gasteiger partial charge in [-0.2, -0.15) is 0 Å². The van der Waals surface area contributed by atoms with Crippen LogP contribution < -0.4 is 0 Å². The molecular formula is C13H15N3O2. The van der Waals surface area contributed by atoms with Crippen LogP contribution >= 0.6 is 0 Å². The molecule has 0 saturated heterocycles. The van der Waals surface area contributed by atoms with Gasteiger partial charge < -0.3 is 9.67 Å². The Labute approximate surface area is 105 Å². The fraction of sp³-hybridized carbons (Fsp3) is 0.308. The lowest BCUT2D eigenvalue weighted by Crippen LogP contribution is -2.04. The number of aromatic carboxylic acids is 1. The molecule has 1 heterocycles. The minimum atomic E-state index is -0.905. The van der Waals surface area contributed by atoms with Crippen molar-refractivity contribution in [1.29, 1.82) is 0 Å². The number of carboxylic acids is 1. The summed E-state index contributed by atoms with van der Waals surface area (Å²) >= 11 is 0. The lowest BCUT2D eigenvalue weighted by molar-refractivity contribution is 0.0697. The summed E-state index contributed by atoms with van der Waals surface area (Å²) in [7, 11) is 0. The third kappa shape index (κ3) is 2.74. The molecule has 5 heteroatoms. The van der Waals surface area contributed by atoms with Crippen molar-refractivity contribution in [3.8, 4) is 0 Å². The fourth-order valence-electron chi connectivity index (χ4n) is 1.78. The van der Waals surface area contributed by atoms with Gasteiger partial charge in [-0.1, -0.05) is 19.1 Å². The van der Waals surface area contributed by atoms with Crippen LogP contribution in [0.25, 0.3) is 0 Å². The van der Waals surface area contributed by atoms with Gasteiger partial charge in [0.05, 0.1) is 12.1 Å². The number of benzene rings is 1. The van der Waals surface area contributed by atoms with Crippen LogP contribution in [0.1, 0.15) is 35.1 Å². The van der Waals surface area contributed by atoms with Crippen molar-refractivity contribution in [2.24, 2.45) is 0 Å². The maximum Gasteiger partial charge on any atom is 0.335 e. The van der Waals surface area contributed by atoms with Gasteiger partial charge in [0.2, 0.25) is 0 Å². The van der Waals surface area contributed by atoms with Crippen LogP contribution in [-0.4, -0.2) is 25.8 Å². The summed E-state index contributed by atoms with van der Waals surface area (Å²) in [6.45, 7) is 2.77. The third-order valence-corrected chi connectivity index (χ3v) is 2.72. The first-order valence-electron chi connectivity index (χ1n) is 5.89. The van der Waals surface area contributed by atoms with E-state index in [4.69, 9.17) is 5.11 Å². The standard InChI is InChI=1S/C13H15N3O2/c1-2-3-12-15-14-9-16(12)8-10-4-6-11(7-5-10)13(17)18/h4-7,9H,2-3,8H2,1H3,(H,17,18). The first kappa shape index (κ1) is 12.3. The Balaban J connectivity index is 2.13. The van der Waals surface area contributed by atoms with E-state index in [0.29, 0.717) is 12.1 Å². The quantitative estimate of drug-likeness (QED) is 0.874. The van der Waals surface area contributed by atoms with Crippen LogP contribution in [0.4, 0.5) is 0 Å². The van der Waals surface area contributed by atoms with E-state index in [1.807, 2.05) is 16.7 Å². The van der Waals surface area contributed by atoms with E-state index in [1.54, 1.807) is 18.5 Å². The monoisotopic (exact) mass is 245 g/mol. The van der Waals surface area contributed by atoms with Gasteiger partial charge in [-0.15, -0.1) is 10.2 Å². The van der Waals surface area contributed by atoms with Crippen molar-refractivity contribution in [3.63, 3.8) is 0 Å². The molecule has 1 aromatic carbocycles. The van der Waals surface area contributed by atoms with Crippen molar-refractivity contribution in [2.75, 3.05) is 0 Å². The van der Waals surface area contributed by atoms with Crippen LogP contribution in [0.5, 0.6) is 0 Å². The molecule has 0 fully saturated rings. The van der Waals surface area contributed by atoms with Crippen molar-refractivity contribution < 1.29 is 9.90 Å². The van der Waals surface area contributed by atoms with Gasteiger partial charge in [0.15, 0.2) is 0 Å². The lowest BCUT2D eigenvalue weighted by atomic mass is 10.1. The molecule has 0 bridgehead atoms. The zero-order chi connectivity index (χ0) is 13.0. The second-order valence-corrected chi connectivity index (χ2v) is 4.13. The van der Waals surface area contributed by atoms with E-state index in [9.17, 15) is 4.79 Å². The number of aromatic nitrogens is 3. The lowest BCUT2D eigenvalue weighted by Gasteiger charge is -2.06. The highest BCUT2D eigenvalue weighted by atomic mass is 16.4. The molecule has 0 atom stereocenters. The zero-order valence-electron chi connectivity index (χ0n) is 10.2. The maximum absolute atomic E-state index is 10.7. The van der Waals surface area contributed by atoms with Gasteiger partial charge in [-0.3, -0.25) is 0 Å². The SMILES string of the molecule is CCCc1nncn1Cc1ccc(C(=O)O)cc1. The van der Waals surface area contributed by atoms with Crippen LogP contribution in [0.15, 0.2) is 30.6 Å². The fourth-order valence-corrected chi connectivity index (χ4v) is 1.78. The van der Waals surface area contributed by atoms with Crippen molar-refractivity contribution in [3.05, 3.63) is 47.5 Å². The Kier molecular flexibility index (Phi) is 3.72. The molecule has 0 aliphatic rings.